The fourth-order valence-corrected chi connectivity index (χ4v) is 2.80. The van der Waals surface area contributed by atoms with Crippen molar-refractivity contribution in [3.05, 3.63) is 57.7 Å². The minimum absolute atomic E-state index is 0.854. The molecule has 13 heteroatoms. The van der Waals surface area contributed by atoms with Crippen LogP contribution in [-0.2, 0) is 0 Å². The molecule has 0 atom stereocenters. The Bertz CT molecular complexity index is 870. The lowest BCUT2D eigenvalue weighted by Crippen LogP contribution is -2.13. The zero-order valence-corrected chi connectivity index (χ0v) is 13.0. The van der Waals surface area contributed by atoms with E-state index in [0.717, 1.165) is 0 Å². The Labute approximate surface area is 147 Å². The molecule has 0 aliphatic heterocycles. The van der Waals surface area contributed by atoms with E-state index in [-0.39, 0.29) is 0 Å². The van der Waals surface area contributed by atoms with Crippen molar-refractivity contribution in [3.63, 3.8) is 0 Å². The van der Waals surface area contributed by atoms with Crippen molar-refractivity contribution in [2.45, 2.75) is 9.79 Å². The van der Waals surface area contributed by atoms with Crippen molar-refractivity contribution in [3.8, 4) is 0 Å². The minimum Gasteiger partial charge on any atom is -0.477 e. The molecule has 0 amide bonds. The normalized spacial score (nSPS) is 11.0. The zero-order valence-electron chi connectivity index (χ0n) is 12.1. The number of rotatable bonds is 4. The molecule has 0 radical (unpaired) electrons. The van der Waals surface area contributed by atoms with Crippen molar-refractivity contribution in [2.75, 3.05) is 0 Å². The summed E-state index contributed by atoms with van der Waals surface area (Å²) in [5.74, 6) is -24.2. The van der Waals surface area contributed by atoms with Gasteiger partial charge in [-0.1, -0.05) is 11.8 Å². The highest BCUT2D eigenvalue weighted by Crippen LogP contribution is 2.40. The molecule has 4 nitrogen and oxygen atoms in total. The molecule has 0 bridgehead atoms. The first kappa shape index (κ1) is 20.5. The van der Waals surface area contributed by atoms with Gasteiger partial charge in [0.05, 0.1) is 9.79 Å². The van der Waals surface area contributed by atoms with Gasteiger partial charge in [0.2, 0.25) is 0 Å². The van der Waals surface area contributed by atoms with E-state index in [9.17, 15) is 44.7 Å². The van der Waals surface area contributed by atoms with Gasteiger partial charge in [0, 0.05) is 0 Å². The first-order valence-electron chi connectivity index (χ1n) is 6.28. The lowest BCUT2D eigenvalue weighted by molar-refractivity contribution is 0.0671. The number of carboxylic acid groups (broad SMARTS) is 2. The van der Waals surface area contributed by atoms with Gasteiger partial charge in [0.15, 0.2) is 46.5 Å². The molecule has 0 saturated carbocycles. The van der Waals surface area contributed by atoms with Gasteiger partial charge in [-0.25, -0.2) is 44.7 Å². The molecule has 0 aliphatic rings. The van der Waals surface area contributed by atoms with Gasteiger partial charge in [0.25, 0.3) is 0 Å². The topological polar surface area (TPSA) is 74.6 Å². The maximum absolute atomic E-state index is 13.8. The van der Waals surface area contributed by atoms with Gasteiger partial charge in [-0.15, -0.1) is 0 Å². The van der Waals surface area contributed by atoms with Crippen LogP contribution >= 0.6 is 11.8 Å². The lowest BCUT2D eigenvalue weighted by atomic mass is 10.2. The summed E-state index contributed by atoms with van der Waals surface area (Å²) in [6.45, 7) is 0. The number of aromatic carboxylic acids is 2. The van der Waals surface area contributed by atoms with E-state index in [1.165, 1.54) is 0 Å². The van der Waals surface area contributed by atoms with Crippen molar-refractivity contribution >= 4 is 23.7 Å². The van der Waals surface area contributed by atoms with Crippen LogP contribution in [0.3, 0.4) is 0 Å². The fraction of sp³-hybridized carbons (Fsp3) is 0. The summed E-state index contributed by atoms with van der Waals surface area (Å²) in [5, 5.41) is 17.0. The Morgan fingerprint density at radius 1 is 0.519 bits per heavy atom. The Kier molecular flexibility index (Phi) is 5.35. The van der Waals surface area contributed by atoms with Crippen molar-refractivity contribution in [1.29, 1.82) is 0 Å². The molecule has 0 aromatic heterocycles. The Hall–Kier alpha value is -2.83. The number of halogens is 8. The molecule has 144 valence electrons. The predicted octanol–water partition coefficient (Wildman–Crippen LogP) is 4.35. The third kappa shape index (κ3) is 3.18. The van der Waals surface area contributed by atoms with Crippen molar-refractivity contribution < 1.29 is 54.9 Å². The van der Waals surface area contributed by atoms with Crippen LogP contribution in [0.5, 0.6) is 0 Å². The second kappa shape index (κ2) is 7.06. The van der Waals surface area contributed by atoms with Crippen LogP contribution < -0.4 is 0 Å². The summed E-state index contributed by atoms with van der Waals surface area (Å²) >= 11 is -0.854. The van der Waals surface area contributed by atoms with E-state index in [1.54, 1.807) is 0 Å². The summed E-state index contributed by atoms with van der Waals surface area (Å²) in [6, 6.07) is 0. The smallest absolute Gasteiger partial charge is 0.341 e. The minimum atomic E-state index is -2.44. The molecule has 0 aliphatic carbocycles. The average molecular weight is 418 g/mol. The van der Waals surface area contributed by atoms with Gasteiger partial charge in [0.1, 0.15) is 11.1 Å². The highest BCUT2D eigenvalue weighted by Gasteiger charge is 2.34. The van der Waals surface area contributed by atoms with Crippen LogP contribution in [0.4, 0.5) is 35.1 Å². The predicted molar refractivity (Wildman–Crippen MR) is 70.6 cm³/mol. The van der Waals surface area contributed by atoms with Crippen LogP contribution in [0.25, 0.3) is 0 Å². The van der Waals surface area contributed by atoms with E-state index in [0.29, 0.717) is 0 Å². The summed E-state index contributed by atoms with van der Waals surface area (Å²) in [4.78, 5) is 17.5. The molecule has 0 saturated heterocycles. The first-order chi connectivity index (χ1) is 12.4. The van der Waals surface area contributed by atoms with Crippen LogP contribution in [0.15, 0.2) is 9.79 Å². The highest BCUT2D eigenvalue weighted by molar-refractivity contribution is 7.99. The lowest BCUT2D eigenvalue weighted by Gasteiger charge is -2.12. The third-order valence-electron chi connectivity index (χ3n) is 3.08. The van der Waals surface area contributed by atoms with Gasteiger partial charge in [-0.05, 0) is 0 Å². The molecule has 0 unspecified atom stereocenters. The van der Waals surface area contributed by atoms with Crippen molar-refractivity contribution in [2.24, 2.45) is 0 Å². The summed E-state index contributed by atoms with van der Waals surface area (Å²) < 4.78 is 110. The van der Waals surface area contributed by atoms with Gasteiger partial charge in [-0.3, -0.25) is 0 Å². The second-order valence-electron chi connectivity index (χ2n) is 4.63. The van der Waals surface area contributed by atoms with Crippen LogP contribution in [-0.4, -0.2) is 22.2 Å². The third-order valence-corrected chi connectivity index (χ3v) is 4.20. The molecular weight excluding hydrogens is 416 g/mol. The fourth-order valence-electron chi connectivity index (χ4n) is 1.88. The zero-order chi connectivity index (χ0) is 20.8. The molecule has 0 fully saturated rings. The molecule has 27 heavy (non-hydrogen) atoms. The molecule has 0 heterocycles. The van der Waals surface area contributed by atoms with E-state index < -0.39 is 91.2 Å². The van der Waals surface area contributed by atoms with Crippen molar-refractivity contribution in [1.82, 2.24) is 0 Å². The number of hydrogen-bond donors (Lipinski definition) is 2. The molecule has 0 spiro atoms. The number of benzene rings is 2. The largest absolute Gasteiger partial charge is 0.477 e. The number of carbonyl (C=O) groups is 2. The highest BCUT2D eigenvalue weighted by atomic mass is 32.2. The van der Waals surface area contributed by atoms with Crippen LogP contribution in [0.2, 0.25) is 0 Å². The monoisotopic (exact) mass is 418 g/mol. The van der Waals surface area contributed by atoms with E-state index >= 15 is 0 Å². The Balaban J connectivity index is 2.76. The summed E-state index contributed by atoms with van der Waals surface area (Å²) in [7, 11) is 0. The second-order valence-corrected chi connectivity index (χ2v) is 5.65. The number of carboxylic acids is 2. The molecule has 2 aromatic rings. The Morgan fingerprint density at radius 3 is 0.926 bits per heavy atom. The summed E-state index contributed by atoms with van der Waals surface area (Å²) in [5.41, 5.74) is -4.09. The quantitative estimate of drug-likeness (QED) is 0.571. The van der Waals surface area contributed by atoms with Crippen LogP contribution in [0, 0.1) is 46.5 Å². The van der Waals surface area contributed by atoms with E-state index in [4.69, 9.17) is 10.2 Å². The maximum Gasteiger partial charge on any atom is 0.341 e. The van der Waals surface area contributed by atoms with Gasteiger partial charge < -0.3 is 10.2 Å². The number of hydrogen-bond acceptors (Lipinski definition) is 3. The molecule has 2 rings (SSSR count). The van der Waals surface area contributed by atoms with E-state index in [2.05, 4.69) is 0 Å². The Morgan fingerprint density at radius 2 is 0.741 bits per heavy atom. The average Bonchev–Trinajstić information content (AvgIpc) is 2.57. The molecular formula is C14H2F8O4S. The summed E-state index contributed by atoms with van der Waals surface area (Å²) in [6.07, 6.45) is 0. The standard InChI is InChI=1S/C14H2F8O4S/c15-3-1(13(23)24)4(16)8(20)11(7(3)19)27-12-9(21)5(17)2(14(25)26)6(18)10(12)22/h(H,23,24)(H,25,26). The first-order valence-corrected chi connectivity index (χ1v) is 7.09. The van der Waals surface area contributed by atoms with Gasteiger partial charge in [-0.2, -0.15) is 0 Å². The maximum atomic E-state index is 13.8. The van der Waals surface area contributed by atoms with E-state index in [1.807, 2.05) is 0 Å². The SMILES string of the molecule is O=C(O)c1c(F)c(F)c(Sc2c(F)c(F)c(C(=O)O)c(F)c2F)c(F)c1F. The molecule has 2 aromatic carbocycles. The molecule has 2 N–H and O–H groups in total. The van der Waals surface area contributed by atoms with Gasteiger partial charge >= 0.3 is 11.9 Å². The van der Waals surface area contributed by atoms with Crippen LogP contribution in [0.1, 0.15) is 20.7 Å².